The average Bonchev–Trinajstić information content (AvgIpc) is 2.90. The number of hydrogen-bond acceptors (Lipinski definition) is 4. The number of non-ortho nitro benzene ring substituents is 1. The van der Waals surface area contributed by atoms with Crippen molar-refractivity contribution in [3.63, 3.8) is 0 Å². The number of sulfonamides is 1. The molecule has 1 aliphatic heterocycles. The Morgan fingerprint density at radius 1 is 1.18 bits per heavy atom. The van der Waals surface area contributed by atoms with Crippen molar-refractivity contribution in [1.82, 2.24) is 0 Å². The largest absolute Gasteiger partial charge is 0.269 e. The summed E-state index contributed by atoms with van der Waals surface area (Å²) in [5, 5.41) is 10.8. The lowest BCUT2D eigenvalue weighted by molar-refractivity contribution is -0.384. The molecule has 2 aromatic rings. The predicted molar refractivity (Wildman–Crippen MR) is 82.5 cm³/mol. The second-order valence-electron chi connectivity index (χ2n) is 5.21. The first kappa shape index (κ1) is 14.5. The number of hydrogen-bond donors (Lipinski definition) is 0. The van der Waals surface area contributed by atoms with Gasteiger partial charge in [0.25, 0.3) is 15.7 Å². The monoisotopic (exact) mass is 318 g/mol. The van der Waals surface area contributed by atoms with Crippen LogP contribution in [-0.2, 0) is 16.4 Å². The van der Waals surface area contributed by atoms with Gasteiger partial charge >= 0.3 is 0 Å². The minimum Gasteiger partial charge on any atom is -0.266 e. The number of nitro groups is 1. The SMILES string of the molecule is Cc1cccc(S(=O)(=O)N2CCc3cc([N+](=O)[O-])ccc32)c1. The van der Waals surface area contributed by atoms with Crippen LogP contribution in [0.1, 0.15) is 11.1 Å². The molecule has 0 fully saturated rings. The lowest BCUT2D eigenvalue weighted by Gasteiger charge is -2.19. The number of nitrogens with zero attached hydrogens (tertiary/aromatic N) is 2. The van der Waals surface area contributed by atoms with Gasteiger partial charge in [-0.25, -0.2) is 8.42 Å². The molecule has 0 aromatic heterocycles. The number of rotatable bonds is 3. The predicted octanol–water partition coefficient (Wildman–Crippen LogP) is 2.65. The van der Waals surface area contributed by atoms with E-state index in [0.717, 1.165) is 5.56 Å². The molecule has 0 atom stereocenters. The van der Waals surface area contributed by atoms with Crippen LogP contribution in [0.2, 0.25) is 0 Å². The Morgan fingerprint density at radius 2 is 1.95 bits per heavy atom. The fourth-order valence-corrected chi connectivity index (χ4v) is 4.23. The van der Waals surface area contributed by atoms with Gasteiger partial charge in [-0.3, -0.25) is 14.4 Å². The van der Waals surface area contributed by atoms with E-state index >= 15 is 0 Å². The summed E-state index contributed by atoms with van der Waals surface area (Å²) in [4.78, 5) is 10.6. The third-order valence-electron chi connectivity index (χ3n) is 3.70. The summed E-state index contributed by atoms with van der Waals surface area (Å²) >= 11 is 0. The Labute approximate surface area is 128 Å². The molecule has 2 aromatic carbocycles. The third-order valence-corrected chi connectivity index (χ3v) is 5.51. The lowest BCUT2D eigenvalue weighted by atomic mass is 10.1. The van der Waals surface area contributed by atoms with Crippen LogP contribution in [0.4, 0.5) is 11.4 Å². The summed E-state index contributed by atoms with van der Waals surface area (Å²) in [6.45, 7) is 2.13. The van der Waals surface area contributed by atoms with E-state index in [-0.39, 0.29) is 10.6 Å². The first-order chi connectivity index (χ1) is 10.4. The van der Waals surface area contributed by atoms with Crippen molar-refractivity contribution in [3.8, 4) is 0 Å². The number of fused-ring (bicyclic) bond motifs is 1. The van der Waals surface area contributed by atoms with E-state index in [1.54, 1.807) is 18.2 Å². The summed E-state index contributed by atoms with van der Waals surface area (Å²) in [6.07, 6.45) is 0.474. The highest BCUT2D eigenvalue weighted by Crippen LogP contribution is 2.35. The van der Waals surface area contributed by atoms with Gasteiger partial charge in [0, 0.05) is 18.7 Å². The van der Waals surface area contributed by atoms with E-state index in [0.29, 0.717) is 24.2 Å². The second kappa shape index (κ2) is 5.10. The van der Waals surface area contributed by atoms with E-state index in [1.165, 1.54) is 22.5 Å². The molecule has 0 radical (unpaired) electrons. The average molecular weight is 318 g/mol. The Bertz CT molecular complexity index is 862. The molecule has 0 unspecified atom stereocenters. The van der Waals surface area contributed by atoms with Crippen molar-refractivity contribution >= 4 is 21.4 Å². The van der Waals surface area contributed by atoms with E-state index < -0.39 is 14.9 Å². The molecule has 22 heavy (non-hydrogen) atoms. The van der Waals surface area contributed by atoms with Gasteiger partial charge in [-0.05, 0) is 42.7 Å². The van der Waals surface area contributed by atoms with Crippen molar-refractivity contribution in [2.45, 2.75) is 18.2 Å². The highest BCUT2D eigenvalue weighted by molar-refractivity contribution is 7.92. The second-order valence-corrected chi connectivity index (χ2v) is 7.08. The Morgan fingerprint density at radius 3 is 2.64 bits per heavy atom. The van der Waals surface area contributed by atoms with Crippen LogP contribution in [0, 0.1) is 17.0 Å². The van der Waals surface area contributed by atoms with Gasteiger partial charge in [0.15, 0.2) is 0 Å². The molecule has 6 nitrogen and oxygen atoms in total. The Hall–Kier alpha value is -2.41. The summed E-state index contributed by atoms with van der Waals surface area (Å²) in [7, 11) is -3.64. The number of nitro benzene ring substituents is 1. The molecular weight excluding hydrogens is 304 g/mol. The molecule has 3 rings (SSSR count). The van der Waals surface area contributed by atoms with E-state index in [4.69, 9.17) is 0 Å². The van der Waals surface area contributed by atoms with Gasteiger partial charge in [0.1, 0.15) is 0 Å². The first-order valence-corrected chi connectivity index (χ1v) is 8.20. The molecule has 0 bridgehead atoms. The smallest absolute Gasteiger partial charge is 0.266 e. The normalized spacial score (nSPS) is 14.0. The molecule has 0 amide bonds. The molecule has 1 aliphatic rings. The third kappa shape index (κ3) is 2.33. The van der Waals surface area contributed by atoms with Gasteiger partial charge in [-0.1, -0.05) is 12.1 Å². The van der Waals surface area contributed by atoms with Crippen LogP contribution >= 0.6 is 0 Å². The maximum Gasteiger partial charge on any atom is 0.269 e. The van der Waals surface area contributed by atoms with Gasteiger partial charge in [0.05, 0.1) is 15.5 Å². The minimum atomic E-state index is -3.64. The molecule has 7 heteroatoms. The Balaban J connectivity index is 2.04. The number of aryl methyl sites for hydroxylation is 1. The van der Waals surface area contributed by atoms with Crippen molar-refractivity contribution in [2.75, 3.05) is 10.8 Å². The maximum absolute atomic E-state index is 12.8. The van der Waals surface area contributed by atoms with Crippen LogP contribution in [0.15, 0.2) is 47.4 Å². The van der Waals surface area contributed by atoms with Crippen LogP contribution in [0.5, 0.6) is 0 Å². The van der Waals surface area contributed by atoms with Crippen LogP contribution in [-0.4, -0.2) is 19.9 Å². The zero-order chi connectivity index (χ0) is 15.9. The molecule has 0 spiro atoms. The number of anilines is 1. The summed E-state index contributed by atoms with van der Waals surface area (Å²) in [5.74, 6) is 0. The first-order valence-electron chi connectivity index (χ1n) is 6.76. The molecule has 0 saturated carbocycles. The summed E-state index contributed by atoms with van der Waals surface area (Å²) < 4.78 is 26.8. The minimum absolute atomic E-state index is 0.0199. The van der Waals surface area contributed by atoms with Gasteiger partial charge in [-0.2, -0.15) is 0 Å². The van der Waals surface area contributed by atoms with Gasteiger partial charge < -0.3 is 0 Å². The highest BCUT2D eigenvalue weighted by Gasteiger charge is 2.31. The standard InChI is InChI=1S/C15H14N2O4S/c1-11-3-2-4-14(9-11)22(20,21)16-8-7-12-10-13(17(18)19)5-6-15(12)16/h2-6,9-10H,7-8H2,1H3. The van der Waals surface area contributed by atoms with Crippen LogP contribution in [0.25, 0.3) is 0 Å². The number of benzene rings is 2. The van der Waals surface area contributed by atoms with E-state index in [9.17, 15) is 18.5 Å². The van der Waals surface area contributed by atoms with Crippen molar-refractivity contribution in [2.24, 2.45) is 0 Å². The molecule has 114 valence electrons. The Kier molecular flexibility index (Phi) is 3.37. The van der Waals surface area contributed by atoms with Crippen molar-refractivity contribution in [1.29, 1.82) is 0 Å². The van der Waals surface area contributed by atoms with Gasteiger partial charge in [0.2, 0.25) is 0 Å². The topological polar surface area (TPSA) is 80.5 Å². The quantitative estimate of drug-likeness (QED) is 0.643. The van der Waals surface area contributed by atoms with Crippen molar-refractivity contribution < 1.29 is 13.3 Å². The molecular formula is C15H14N2O4S. The van der Waals surface area contributed by atoms with E-state index in [1.807, 2.05) is 13.0 Å². The molecule has 0 N–H and O–H groups in total. The van der Waals surface area contributed by atoms with E-state index in [2.05, 4.69) is 0 Å². The van der Waals surface area contributed by atoms with Crippen LogP contribution < -0.4 is 4.31 Å². The summed E-state index contributed by atoms with van der Waals surface area (Å²) in [5.41, 5.74) is 2.05. The molecule has 0 saturated heterocycles. The van der Waals surface area contributed by atoms with Gasteiger partial charge in [-0.15, -0.1) is 0 Å². The highest BCUT2D eigenvalue weighted by atomic mass is 32.2. The fourth-order valence-electron chi connectivity index (χ4n) is 2.62. The zero-order valence-corrected chi connectivity index (χ0v) is 12.7. The maximum atomic E-state index is 12.8. The molecule has 1 heterocycles. The van der Waals surface area contributed by atoms with Crippen molar-refractivity contribution in [3.05, 3.63) is 63.7 Å². The summed E-state index contributed by atoms with van der Waals surface area (Å²) in [6, 6.07) is 11.0. The zero-order valence-electron chi connectivity index (χ0n) is 11.9. The van der Waals surface area contributed by atoms with Crippen LogP contribution in [0.3, 0.4) is 0 Å². The fraction of sp³-hybridized carbons (Fsp3) is 0.200. The lowest BCUT2D eigenvalue weighted by Crippen LogP contribution is -2.29. The molecule has 0 aliphatic carbocycles.